The monoisotopic (exact) mass is 290 g/mol. The normalized spacial score (nSPS) is 11.1. The topological polar surface area (TPSA) is 64.7 Å². The van der Waals surface area contributed by atoms with Crippen LogP contribution in [0.15, 0.2) is 18.2 Å². The van der Waals surface area contributed by atoms with Gasteiger partial charge < -0.3 is 5.73 Å². The molecule has 0 atom stereocenters. The van der Waals surface area contributed by atoms with Gasteiger partial charge in [-0.15, -0.1) is 10.2 Å². The minimum Gasteiger partial charge on any atom is -0.374 e. The van der Waals surface area contributed by atoms with E-state index < -0.39 is 0 Å². The van der Waals surface area contributed by atoms with Crippen molar-refractivity contribution in [1.29, 1.82) is 0 Å². The summed E-state index contributed by atoms with van der Waals surface area (Å²) in [6.45, 7) is 3.96. The van der Waals surface area contributed by atoms with E-state index in [4.69, 9.17) is 17.3 Å². The number of nitrogens with two attached hydrogens (primary N) is 1. The fourth-order valence-electron chi connectivity index (χ4n) is 2.10. The molecule has 3 aromatic rings. The summed E-state index contributed by atoms with van der Waals surface area (Å²) in [6.07, 6.45) is 0. The molecule has 0 unspecified atom stereocenters. The van der Waals surface area contributed by atoms with E-state index in [9.17, 15) is 0 Å². The Bertz CT molecular complexity index is 782. The third-order valence-electron chi connectivity index (χ3n) is 2.87. The van der Waals surface area contributed by atoms with Crippen LogP contribution in [0, 0.1) is 13.8 Å². The Morgan fingerprint density at radius 3 is 2.63 bits per heavy atom. The van der Waals surface area contributed by atoms with Gasteiger partial charge in [-0.05, 0) is 37.6 Å². The highest BCUT2D eigenvalue weighted by atomic mass is 35.5. The standard InChI is InChI=1S/C13H11ClN4S/c1-6-3-8(14)5-9-10(4-7(2)16-11(6)9)12-17-18-13(15)19-12/h3-5H,1-2H3,(H2,15,18). The predicted octanol–water partition coefficient (Wildman–Crippen LogP) is 3.61. The number of rotatable bonds is 1. The minimum absolute atomic E-state index is 0.455. The average molecular weight is 291 g/mol. The van der Waals surface area contributed by atoms with Gasteiger partial charge in [0.1, 0.15) is 5.01 Å². The van der Waals surface area contributed by atoms with Gasteiger partial charge in [-0.1, -0.05) is 22.9 Å². The number of hydrogen-bond acceptors (Lipinski definition) is 5. The van der Waals surface area contributed by atoms with Crippen molar-refractivity contribution in [3.8, 4) is 10.6 Å². The second kappa shape index (κ2) is 4.43. The Kier molecular flexibility index (Phi) is 2.88. The molecule has 0 radical (unpaired) electrons. The molecule has 3 rings (SSSR count). The number of nitrogens with zero attached hydrogens (tertiary/aromatic N) is 3. The summed E-state index contributed by atoms with van der Waals surface area (Å²) >= 11 is 7.50. The number of nitrogen functional groups attached to an aromatic ring is 1. The number of aryl methyl sites for hydroxylation is 2. The quantitative estimate of drug-likeness (QED) is 0.743. The number of pyridine rings is 1. The number of halogens is 1. The lowest BCUT2D eigenvalue weighted by atomic mass is 10.1. The zero-order valence-corrected chi connectivity index (χ0v) is 12.0. The number of benzene rings is 1. The molecule has 96 valence electrons. The summed E-state index contributed by atoms with van der Waals surface area (Å²) < 4.78 is 0. The highest BCUT2D eigenvalue weighted by molar-refractivity contribution is 7.18. The van der Waals surface area contributed by atoms with Gasteiger partial charge in [-0.2, -0.15) is 0 Å². The fraction of sp³-hybridized carbons (Fsp3) is 0.154. The molecule has 0 spiro atoms. The lowest BCUT2D eigenvalue weighted by molar-refractivity contribution is 1.10. The molecule has 0 saturated heterocycles. The van der Waals surface area contributed by atoms with E-state index in [2.05, 4.69) is 15.2 Å². The molecule has 0 bridgehead atoms. The largest absolute Gasteiger partial charge is 0.374 e. The maximum Gasteiger partial charge on any atom is 0.203 e. The van der Waals surface area contributed by atoms with Gasteiger partial charge in [0.2, 0.25) is 5.13 Å². The van der Waals surface area contributed by atoms with E-state index in [1.165, 1.54) is 11.3 Å². The van der Waals surface area contributed by atoms with Crippen LogP contribution in [0.1, 0.15) is 11.3 Å². The summed E-state index contributed by atoms with van der Waals surface area (Å²) in [4.78, 5) is 4.58. The van der Waals surface area contributed by atoms with Crippen molar-refractivity contribution in [3.63, 3.8) is 0 Å². The second-order valence-electron chi connectivity index (χ2n) is 4.38. The van der Waals surface area contributed by atoms with Crippen LogP contribution in [0.2, 0.25) is 5.02 Å². The number of fused-ring (bicyclic) bond motifs is 1. The van der Waals surface area contributed by atoms with Gasteiger partial charge in [-0.25, -0.2) is 0 Å². The van der Waals surface area contributed by atoms with Crippen molar-refractivity contribution >= 4 is 39.0 Å². The summed E-state index contributed by atoms with van der Waals surface area (Å²) in [5.74, 6) is 0. The van der Waals surface area contributed by atoms with E-state index in [-0.39, 0.29) is 0 Å². The highest BCUT2D eigenvalue weighted by Gasteiger charge is 2.13. The van der Waals surface area contributed by atoms with Crippen molar-refractivity contribution in [3.05, 3.63) is 34.5 Å². The molecule has 0 aliphatic rings. The van der Waals surface area contributed by atoms with Crippen molar-refractivity contribution in [2.24, 2.45) is 0 Å². The van der Waals surface area contributed by atoms with Crippen molar-refractivity contribution in [2.45, 2.75) is 13.8 Å². The zero-order chi connectivity index (χ0) is 13.6. The Labute approximate surface area is 119 Å². The Hall–Kier alpha value is -1.72. The fourth-order valence-corrected chi connectivity index (χ4v) is 3.02. The predicted molar refractivity (Wildman–Crippen MR) is 79.5 cm³/mol. The Morgan fingerprint density at radius 1 is 1.16 bits per heavy atom. The van der Waals surface area contributed by atoms with Gasteiger partial charge in [-0.3, -0.25) is 4.98 Å². The average Bonchev–Trinajstić information content (AvgIpc) is 2.76. The first-order valence-electron chi connectivity index (χ1n) is 5.71. The lowest BCUT2D eigenvalue weighted by Gasteiger charge is -2.08. The maximum absolute atomic E-state index is 6.14. The SMILES string of the molecule is Cc1cc(-c2nnc(N)s2)c2cc(Cl)cc(C)c2n1. The van der Waals surface area contributed by atoms with Crippen LogP contribution in [-0.2, 0) is 0 Å². The van der Waals surface area contributed by atoms with Crippen LogP contribution >= 0.6 is 22.9 Å². The first kappa shape index (κ1) is 12.3. The molecule has 0 saturated carbocycles. The lowest BCUT2D eigenvalue weighted by Crippen LogP contribution is -1.91. The Morgan fingerprint density at radius 2 is 1.95 bits per heavy atom. The van der Waals surface area contributed by atoms with Crippen LogP contribution < -0.4 is 5.73 Å². The molecular formula is C13H11ClN4S. The summed E-state index contributed by atoms with van der Waals surface area (Å²) in [7, 11) is 0. The number of hydrogen-bond donors (Lipinski definition) is 1. The molecule has 2 heterocycles. The second-order valence-corrected chi connectivity index (χ2v) is 5.82. The minimum atomic E-state index is 0.455. The first-order chi connectivity index (χ1) is 9.04. The molecule has 4 nitrogen and oxygen atoms in total. The Balaban J connectivity index is 2.40. The van der Waals surface area contributed by atoms with E-state index in [0.29, 0.717) is 10.2 Å². The third-order valence-corrected chi connectivity index (χ3v) is 3.87. The van der Waals surface area contributed by atoms with E-state index in [1.54, 1.807) is 0 Å². The van der Waals surface area contributed by atoms with E-state index in [1.807, 2.05) is 32.0 Å². The van der Waals surface area contributed by atoms with Crippen LogP contribution in [0.3, 0.4) is 0 Å². The number of anilines is 1. The number of aromatic nitrogens is 3. The van der Waals surface area contributed by atoms with Crippen molar-refractivity contribution in [1.82, 2.24) is 15.2 Å². The van der Waals surface area contributed by atoms with E-state index in [0.717, 1.165) is 32.7 Å². The highest BCUT2D eigenvalue weighted by Crippen LogP contribution is 2.34. The van der Waals surface area contributed by atoms with Crippen molar-refractivity contribution < 1.29 is 0 Å². The van der Waals surface area contributed by atoms with Gasteiger partial charge >= 0.3 is 0 Å². The molecule has 6 heteroatoms. The van der Waals surface area contributed by atoms with Crippen LogP contribution in [0.4, 0.5) is 5.13 Å². The molecule has 0 fully saturated rings. The molecule has 0 amide bonds. The smallest absolute Gasteiger partial charge is 0.203 e. The van der Waals surface area contributed by atoms with Gasteiger partial charge in [0.25, 0.3) is 0 Å². The van der Waals surface area contributed by atoms with E-state index >= 15 is 0 Å². The van der Waals surface area contributed by atoms with Gasteiger partial charge in [0.05, 0.1) is 5.52 Å². The van der Waals surface area contributed by atoms with Crippen LogP contribution in [0.5, 0.6) is 0 Å². The zero-order valence-electron chi connectivity index (χ0n) is 10.4. The van der Waals surface area contributed by atoms with Gasteiger partial charge in [0, 0.05) is 21.7 Å². The molecular weight excluding hydrogens is 280 g/mol. The van der Waals surface area contributed by atoms with Crippen LogP contribution in [0.25, 0.3) is 21.5 Å². The summed E-state index contributed by atoms with van der Waals surface area (Å²) in [5, 5.41) is 10.9. The van der Waals surface area contributed by atoms with Gasteiger partial charge in [0.15, 0.2) is 0 Å². The summed E-state index contributed by atoms with van der Waals surface area (Å²) in [5.41, 5.74) is 9.55. The molecule has 2 N–H and O–H groups in total. The summed E-state index contributed by atoms with van der Waals surface area (Å²) in [6, 6.07) is 5.80. The molecule has 2 aromatic heterocycles. The van der Waals surface area contributed by atoms with Crippen LogP contribution in [-0.4, -0.2) is 15.2 Å². The maximum atomic E-state index is 6.14. The molecule has 0 aliphatic carbocycles. The van der Waals surface area contributed by atoms with Crippen molar-refractivity contribution in [2.75, 3.05) is 5.73 Å². The molecule has 1 aromatic carbocycles. The third kappa shape index (κ3) is 2.15. The molecule has 19 heavy (non-hydrogen) atoms. The first-order valence-corrected chi connectivity index (χ1v) is 6.91. The molecule has 0 aliphatic heterocycles.